The monoisotopic (exact) mass is 334 g/mol. The quantitative estimate of drug-likeness (QED) is 0.834. The van der Waals surface area contributed by atoms with Crippen molar-refractivity contribution in [3.05, 3.63) is 71.8 Å². The van der Waals surface area contributed by atoms with E-state index in [9.17, 15) is 0 Å². The number of aliphatic imine (C=N–C) groups is 2. The van der Waals surface area contributed by atoms with E-state index in [0.29, 0.717) is 25.0 Å². The lowest BCUT2D eigenvalue weighted by Gasteiger charge is -2.22. The van der Waals surface area contributed by atoms with Crippen LogP contribution in [0.15, 0.2) is 70.6 Å². The zero-order chi connectivity index (χ0) is 17.3. The molecule has 25 heavy (non-hydrogen) atoms. The lowest BCUT2D eigenvalue weighted by Crippen LogP contribution is -2.34. The van der Waals surface area contributed by atoms with E-state index in [-0.39, 0.29) is 12.1 Å². The van der Waals surface area contributed by atoms with E-state index in [4.69, 9.17) is 19.5 Å². The van der Waals surface area contributed by atoms with Crippen molar-refractivity contribution in [3.63, 3.8) is 0 Å². The average molecular weight is 334 g/mol. The van der Waals surface area contributed by atoms with Crippen molar-refractivity contribution in [1.29, 1.82) is 0 Å². The first-order valence-electron chi connectivity index (χ1n) is 8.66. The van der Waals surface area contributed by atoms with Gasteiger partial charge in [0.25, 0.3) is 0 Å². The Bertz CT molecular complexity index is 730. The Kier molecular flexibility index (Phi) is 4.04. The molecule has 0 saturated carbocycles. The van der Waals surface area contributed by atoms with Crippen LogP contribution in [-0.2, 0) is 9.47 Å². The number of hydrogen-bond donors (Lipinski definition) is 0. The molecule has 2 atom stereocenters. The van der Waals surface area contributed by atoms with E-state index in [1.807, 2.05) is 36.4 Å². The Morgan fingerprint density at radius 1 is 0.720 bits per heavy atom. The van der Waals surface area contributed by atoms with Crippen molar-refractivity contribution in [2.75, 3.05) is 13.2 Å². The van der Waals surface area contributed by atoms with Gasteiger partial charge in [-0.25, -0.2) is 9.98 Å². The fraction of sp³-hybridized carbons (Fsp3) is 0.333. The van der Waals surface area contributed by atoms with Gasteiger partial charge in [0, 0.05) is 0 Å². The molecular weight excluding hydrogens is 312 g/mol. The molecular formula is C21H22N2O2. The Morgan fingerprint density at radius 2 is 1.12 bits per heavy atom. The second kappa shape index (κ2) is 6.36. The lowest BCUT2D eigenvalue weighted by atomic mass is 9.93. The van der Waals surface area contributed by atoms with Crippen molar-refractivity contribution >= 4 is 11.8 Å². The lowest BCUT2D eigenvalue weighted by molar-refractivity contribution is 0.265. The summed E-state index contributed by atoms with van der Waals surface area (Å²) in [5, 5.41) is 0. The number of rotatable bonds is 4. The van der Waals surface area contributed by atoms with Crippen LogP contribution in [0, 0.1) is 5.41 Å². The summed E-state index contributed by atoms with van der Waals surface area (Å²) in [6.45, 7) is 5.26. The van der Waals surface area contributed by atoms with Gasteiger partial charge in [0.1, 0.15) is 30.7 Å². The summed E-state index contributed by atoms with van der Waals surface area (Å²) in [7, 11) is 0. The predicted octanol–water partition coefficient (Wildman–Crippen LogP) is 4.35. The van der Waals surface area contributed by atoms with Gasteiger partial charge in [0.2, 0.25) is 0 Å². The maximum Gasteiger partial charge on any atom is 0.199 e. The molecule has 2 aliphatic rings. The summed E-state index contributed by atoms with van der Waals surface area (Å²) in [4.78, 5) is 9.61. The molecule has 4 nitrogen and oxygen atoms in total. The SMILES string of the molecule is CC(C)(C1=NC(c2ccccc2)CO1)C1=N[C@H](c2ccccc2)CO1. The Labute approximate surface area is 148 Å². The van der Waals surface area contributed by atoms with Crippen molar-refractivity contribution in [1.82, 2.24) is 0 Å². The molecule has 0 amide bonds. The highest BCUT2D eigenvalue weighted by molar-refractivity contribution is 6.05. The van der Waals surface area contributed by atoms with E-state index in [2.05, 4.69) is 38.1 Å². The van der Waals surface area contributed by atoms with Gasteiger partial charge >= 0.3 is 0 Å². The number of benzene rings is 2. The molecule has 2 heterocycles. The first-order chi connectivity index (χ1) is 12.1. The maximum atomic E-state index is 5.93. The molecule has 4 heteroatoms. The van der Waals surface area contributed by atoms with E-state index in [1.165, 1.54) is 11.1 Å². The van der Waals surface area contributed by atoms with Crippen molar-refractivity contribution in [3.8, 4) is 0 Å². The molecule has 0 bridgehead atoms. The fourth-order valence-corrected chi connectivity index (χ4v) is 3.21. The summed E-state index contributed by atoms with van der Waals surface area (Å²) in [5.74, 6) is 1.41. The van der Waals surface area contributed by atoms with Gasteiger partial charge < -0.3 is 9.47 Å². The van der Waals surface area contributed by atoms with Crippen LogP contribution in [0.25, 0.3) is 0 Å². The second-order valence-electron chi connectivity index (χ2n) is 6.97. The predicted molar refractivity (Wildman–Crippen MR) is 98.9 cm³/mol. The Morgan fingerprint density at radius 3 is 1.52 bits per heavy atom. The van der Waals surface area contributed by atoms with Gasteiger partial charge in [-0.15, -0.1) is 0 Å². The van der Waals surface area contributed by atoms with Gasteiger partial charge in [-0.2, -0.15) is 0 Å². The fourth-order valence-electron chi connectivity index (χ4n) is 3.21. The van der Waals surface area contributed by atoms with E-state index >= 15 is 0 Å². The van der Waals surface area contributed by atoms with Crippen LogP contribution < -0.4 is 0 Å². The van der Waals surface area contributed by atoms with Gasteiger partial charge in [-0.3, -0.25) is 0 Å². The molecule has 0 fully saturated rings. The van der Waals surface area contributed by atoms with Crippen molar-refractivity contribution in [2.45, 2.75) is 25.9 Å². The standard InChI is InChI=1S/C21H22N2O2/c1-21(2,19-22-17(13-24-19)15-9-5-3-6-10-15)20-23-18(14-25-20)16-11-7-4-8-12-16/h3-12,17-18H,13-14H2,1-2H3/t17-,18?/m0/s1. The molecule has 0 aliphatic carbocycles. The van der Waals surface area contributed by atoms with Gasteiger partial charge in [0.05, 0.1) is 0 Å². The highest BCUT2D eigenvalue weighted by Gasteiger charge is 2.41. The smallest absolute Gasteiger partial charge is 0.199 e. The maximum absolute atomic E-state index is 5.93. The van der Waals surface area contributed by atoms with Crippen molar-refractivity contribution < 1.29 is 9.47 Å². The first kappa shape index (κ1) is 15.9. The summed E-state index contributed by atoms with van der Waals surface area (Å²) in [6, 6.07) is 20.6. The van der Waals surface area contributed by atoms with Gasteiger partial charge in [-0.1, -0.05) is 60.7 Å². The minimum Gasteiger partial charge on any atom is -0.478 e. The zero-order valence-electron chi connectivity index (χ0n) is 14.6. The molecule has 0 saturated heterocycles. The van der Waals surface area contributed by atoms with Crippen LogP contribution in [0.1, 0.15) is 37.1 Å². The summed E-state index contributed by atoms with van der Waals surface area (Å²) < 4.78 is 11.9. The van der Waals surface area contributed by atoms with Gasteiger partial charge in [-0.05, 0) is 25.0 Å². The zero-order valence-corrected chi connectivity index (χ0v) is 14.6. The Hall–Kier alpha value is -2.62. The van der Waals surface area contributed by atoms with Crippen LogP contribution >= 0.6 is 0 Å². The normalized spacial score (nSPS) is 22.8. The number of hydrogen-bond acceptors (Lipinski definition) is 4. The molecule has 1 unspecified atom stereocenters. The molecule has 128 valence electrons. The molecule has 0 N–H and O–H groups in total. The third-order valence-corrected chi connectivity index (χ3v) is 4.74. The van der Waals surface area contributed by atoms with E-state index in [1.54, 1.807) is 0 Å². The third-order valence-electron chi connectivity index (χ3n) is 4.74. The topological polar surface area (TPSA) is 43.2 Å². The highest BCUT2D eigenvalue weighted by atomic mass is 16.5. The molecule has 0 aromatic heterocycles. The van der Waals surface area contributed by atoms with Crippen LogP contribution in [0.4, 0.5) is 0 Å². The highest BCUT2D eigenvalue weighted by Crippen LogP contribution is 2.35. The molecule has 0 radical (unpaired) electrons. The Balaban J connectivity index is 1.56. The van der Waals surface area contributed by atoms with Crippen molar-refractivity contribution in [2.24, 2.45) is 15.4 Å². The van der Waals surface area contributed by atoms with Gasteiger partial charge in [0.15, 0.2) is 11.8 Å². The van der Waals surface area contributed by atoms with E-state index in [0.717, 1.165) is 0 Å². The average Bonchev–Trinajstić information content (AvgIpc) is 3.34. The molecule has 4 rings (SSSR count). The van der Waals surface area contributed by atoms with Crippen LogP contribution in [0.3, 0.4) is 0 Å². The largest absolute Gasteiger partial charge is 0.478 e. The summed E-state index contributed by atoms with van der Waals surface area (Å²) in [5.41, 5.74) is 1.88. The van der Waals surface area contributed by atoms with Crippen LogP contribution in [0.5, 0.6) is 0 Å². The minimum atomic E-state index is -0.465. The first-order valence-corrected chi connectivity index (χ1v) is 8.66. The van der Waals surface area contributed by atoms with Crippen LogP contribution in [0.2, 0.25) is 0 Å². The minimum absolute atomic E-state index is 0.0439. The van der Waals surface area contributed by atoms with Crippen LogP contribution in [-0.4, -0.2) is 25.0 Å². The number of nitrogens with zero attached hydrogens (tertiary/aromatic N) is 2. The number of ether oxygens (including phenoxy) is 2. The molecule has 0 spiro atoms. The second-order valence-corrected chi connectivity index (χ2v) is 6.97. The summed E-state index contributed by atoms with van der Waals surface area (Å²) in [6.07, 6.45) is 0. The molecule has 2 aromatic carbocycles. The third kappa shape index (κ3) is 3.04. The molecule has 2 aromatic rings. The molecule has 2 aliphatic heterocycles. The summed E-state index contributed by atoms with van der Waals surface area (Å²) >= 11 is 0. The van der Waals surface area contributed by atoms with E-state index < -0.39 is 5.41 Å².